The summed E-state index contributed by atoms with van der Waals surface area (Å²) < 4.78 is 13.6. The number of fused-ring (bicyclic) bond motifs is 2. The number of terminal acetylenes is 2. The fraction of sp³-hybridized carbons (Fsp3) is 0.500. The SMILES string of the molecule is C#Cc1cc2cc(CCCC)ccc2c(-c2c(OCCCCCCCC)c(C#C)cc3cc(CCCC)ccc23)c1OCCCCCCCC. The van der Waals surface area contributed by atoms with E-state index in [4.69, 9.17) is 22.3 Å². The maximum Gasteiger partial charge on any atom is 0.143 e. The summed E-state index contributed by atoms with van der Waals surface area (Å²) in [6.07, 6.45) is 33.8. The van der Waals surface area contributed by atoms with Crippen molar-refractivity contribution in [1.29, 1.82) is 0 Å². The quantitative estimate of drug-likeness (QED) is 0.0577. The molecule has 266 valence electrons. The van der Waals surface area contributed by atoms with Gasteiger partial charge >= 0.3 is 0 Å². The molecule has 0 radical (unpaired) electrons. The number of benzene rings is 4. The Labute approximate surface area is 304 Å². The third-order valence-corrected chi connectivity index (χ3v) is 10.0. The fourth-order valence-electron chi connectivity index (χ4n) is 7.07. The Morgan fingerprint density at radius 1 is 0.460 bits per heavy atom. The highest BCUT2D eigenvalue weighted by molar-refractivity contribution is 6.11. The van der Waals surface area contributed by atoms with E-state index in [1.807, 2.05) is 0 Å². The van der Waals surface area contributed by atoms with Crippen LogP contribution in [0.1, 0.15) is 153 Å². The summed E-state index contributed by atoms with van der Waals surface area (Å²) in [7, 11) is 0. The van der Waals surface area contributed by atoms with E-state index >= 15 is 0 Å². The van der Waals surface area contributed by atoms with Gasteiger partial charge in [0.1, 0.15) is 11.5 Å². The summed E-state index contributed by atoms with van der Waals surface area (Å²) in [6, 6.07) is 18.0. The molecule has 4 aromatic rings. The van der Waals surface area contributed by atoms with Crippen LogP contribution in [0, 0.1) is 24.7 Å². The third kappa shape index (κ3) is 10.6. The molecule has 0 atom stereocenters. The second kappa shape index (κ2) is 21.4. The van der Waals surface area contributed by atoms with Crippen LogP contribution in [-0.2, 0) is 12.8 Å². The maximum absolute atomic E-state index is 6.81. The Bertz CT molecular complexity index is 1600. The largest absolute Gasteiger partial charge is 0.492 e. The number of rotatable bonds is 23. The second-order valence-electron chi connectivity index (χ2n) is 14.1. The minimum absolute atomic E-state index is 0.621. The average Bonchev–Trinajstić information content (AvgIpc) is 3.14. The minimum Gasteiger partial charge on any atom is -0.492 e. The van der Waals surface area contributed by atoms with Crippen molar-refractivity contribution < 1.29 is 9.47 Å². The summed E-state index contributed by atoms with van der Waals surface area (Å²) in [6.45, 7) is 10.2. The Morgan fingerprint density at radius 2 is 0.840 bits per heavy atom. The van der Waals surface area contributed by atoms with Gasteiger partial charge < -0.3 is 9.47 Å². The highest BCUT2D eigenvalue weighted by Crippen LogP contribution is 2.49. The van der Waals surface area contributed by atoms with Crippen molar-refractivity contribution in [2.75, 3.05) is 13.2 Å². The van der Waals surface area contributed by atoms with Crippen LogP contribution < -0.4 is 9.47 Å². The van der Waals surface area contributed by atoms with Crippen molar-refractivity contribution in [3.8, 4) is 47.3 Å². The molecule has 0 saturated carbocycles. The Hall–Kier alpha value is -3.88. The molecule has 2 heteroatoms. The molecule has 4 aromatic carbocycles. The van der Waals surface area contributed by atoms with E-state index in [2.05, 4.69) is 88.1 Å². The highest BCUT2D eigenvalue weighted by atomic mass is 16.5. The lowest BCUT2D eigenvalue weighted by Crippen LogP contribution is -2.06. The standard InChI is InChI=1S/C48H62O2/c1-7-13-17-19-21-23-31-49-47-39(11-5)35-41-33-37(25-15-9-3)27-29-43(41)45(47)46-44-30-28-38(26-16-10-4)34-42(44)36-40(12-6)48(46)50-32-24-22-20-18-14-8-2/h5-6,27-30,33-36H,7-10,13-26,31-32H2,1-4H3. The fourth-order valence-corrected chi connectivity index (χ4v) is 7.07. The second-order valence-corrected chi connectivity index (χ2v) is 14.1. The van der Waals surface area contributed by atoms with Gasteiger partial charge in [0.05, 0.1) is 24.3 Å². The van der Waals surface area contributed by atoms with E-state index in [-0.39, 0.29) is 0 Å². The number of ether oxygens (including phenoxy) is 2. The van der Waals surface area contributed by atoms with Crippen molar-refractivity contribution in [2.24, 2.45) is 0 Å². The van der Waals surface area contributed by atoms with Gasteiger partial charge in [-0.05, 0) is 83.3 Å². The van der Waals surface area contributed by atoms with Crippen LogP contribution in [0.2, 0.25) is 0 Å². The number of hydrogen-bond acceptors (Lipinski definition) is 2. The molecule has 0 unspecified atom stereocenters. The molecule has 0 fully saturated rings. The molecule has 0 aliphatic rings. The summed E-state index contributed by atoms with van der Waals surface area (Å²) >= 11 is 0. The molecule has 0 aromatic heterocycles. The summed E-state index contributed by atoms with van der Waals surface area (Å²) in [5, 5.41) is 4.51. The molecular weight excluding hydrogens is 609 g/mol. The zero-order valence-electron chi connectivity index (χ0n) is 31.7. The number of hydrogen-bond donors (Lipinski definition) is 0. The van der Waals surface area contributed by atoms with Crippen molar-refractivity contribution >= 4 is 21.5 Å². The van der Waals surface area contributed by atoms with Crippen LogP contribution in [0.4, 0.5) is 0 Å². The van der Waals surface area contributed by atoms with Crippen LogP contribution in [0.25, 0.3) is 32.7 Å². The molecule has 0 heterocycles. The Morgan fingerprint density at radius 3 is 1.22 bits per heavy atom. The van der Waals surface area contributed by atoms with Crippen LogP contribution in [0.3, 0.4) is 0 Å². The summed E-state index contributed by atoms with van der Waals surface area (Å²) in [5.74, 6) is 7.59. The first kappa shape index (κ1) is 38.9. The molecule has 0 aliphatic heterocycles. The lowest BCUT2D eigenvalue weighted by molar-refractivity contribution is 0.301. The van der Waals surface area contributed by atoms with Gasteiger partial charge in [0.15, 0.2) is 0 Å². The normalized spacial score (nSPS) is 11.2. The molecule has 0 aliphatic carbocycles. The van der Waals surface area contributed by atoms with Crippen LogP contribution >= 0.6 is 0 Å². The van der Waals surface area contributed by atoms with Crippen LogP contribution in [0.15, 0.2) is 48.5 Å². The molecular formula is C48H62O2. The predicted molar refractivity (Wildman–Crippen MR) is 218 cm³/mol. The average molecular weight is 671 g/mol. The molecule has 2 nitrogen and oxygen atoms in total. The predicted octanol–water partition coefficient (Wildman–Crippen LogP) is 13.8. The summed E-state index contributed by atoms with van der Waals surface area (Å²) in [4.78, 5) is 0. The van der Waals surface area contributed by atoms with Gasteiger partial charge in [-0.3, -0.25) is 0 Å². The van der Waals surface area contributed by atoms with Crippen molar-refractivity contribution in [3.05, 3.63) is 70.8 Å². The van der Waals surface area contributed by atoms with E-state index < -0.39 is 0 Å². The Balaban J connectivity index is 1.92. The van der Waals surface area contributed by atoms with E-state index in [0.29, 0.717) is 13.2 Å². The first-order valence-corrected chi connectivity index (χ1v) is 20.0. The first-order valence-electron chi connectivity index (χ1n) is 20.0. The van der Waals surface area contributed by atoms with E-state index in [9.17, 15) is 0 Å². The van der Waals surface area contributed by atoms with Gasteiger partial charge in [-0.15, -0.1) is 12.8 Å². The third-order valence-electron chi connectivity index (χ3n) is 10.0. The lowest BCUT2D eigenvalue weighted by Gasteiger charge is -2.23. The lowest BCUT2D eigenvalue weighted by atomic mass is 9.87. The van der Waals surface area contributed by atoms with E-state index in [0.717, 1.165) is 120 Å². The molecule has 0 N–H and O–H groups in total. The van der Waals surface area contributed by atoms with Gasteiger partial charge in [0, 0.05) is 11.1 Å². The van der Waals surface area contributed by atoms with Crippen molar-refractivity contribution in [2.45, 2.75) is 143 Å². The van der Waals surface area contributed by atoms with E-state index in [1.54, 1.807) is 0 Å². The molecule has 4 rings (SSSR count). The maximum atomic E-state index is 6.81. The smallest absolute Gasteiger partial charge is 0.143 e. The number of unbranched alkanes of at least 4 members (excludes halogenated alkanes) is 12. The van der Waals surface area contributed by atoms with Gasteiger partial charge in [0.25, 0.3) is 0 Å². The minimum atomic E-state index is 0.621. The molecule has 0 spiro atoms. The van der Waals surface area contributed by atoms with E-state index in [1.165, 1.54) is 62.5 Å². The molecule has 0 amide bonds. The zero-order valence-corrected chi connectivity index (χ0v) is 31.7. The van der Waals surface area contributed by atoms with Gasteiger partial charge in [-0.25, -0.2) is 0 Å². The number of aryl methyl sites for hydroxylation is 2. The molecule has 50 heavy (non-hydrogen) atoms. The Kier molecular flexibility index (Phi) is 16.6. The van der Waals surface area contributed by atoms with Crippen LogP contribution in [0.5, 0.6) is 11.5 Å². The first-order chi connectivity index (χ1) is 24.6. The van der Waals surface area contributed by atoms with Gasteiger partial charge in [-0.1, -0.05) is 153 Å². The van der Waals surface area contributed by atoms with Crippen molar-refractivity contribution in [3.63, 3.8) is 0 Å². The summed E-state index contributed by atoms with van der Waals surface area (Å²) in [5.41, 5.74) is 6.24. The monoisotopic (exact) mass is 670 g/mol. The molecule has 0 bridgehead atoms. The highest BCUT2D eigenvalue weighted by Gasteiger charge is 2.24. The van der Waals surface area contributed by atoms with Gasteiger partial charge in [-0.2, -0.15) is 0 Å². The topological polar surface area (TPSA) is 18.5 Å². The van der Waals surface area contributed by atoms with Gasteiger partial charge in [0.2, 0.25) is 0 Å². The van der Waals surface area contributed by atoms with Crippen molar-refractivity contribution in [1.82, 2.24) is 0 Å². The van der Waals surface area contributed by atoms with Crippen LogP contribution in [-0.4, -0.2) is 13.2 Å². The molecule has 0 saturated heterocycles. The zero-order chi connectivity index (χ0) is 35.6.